The first-order valence-electron chi connectivity index (χ1n) is 8.57. The molecule has 1 aliphatic heterocycles. The molecule has 1 N–H and O–H groups in total. The number of carbonyl (C=O) groups is 1. The van der Waals surface area contributed by atoms with Gasteiger partial charge < -0.3 is 10.2 Å². The second-order valence-corrected chi connectivity index (χ2v) is 7.73. The molecule has 1 aromatic heterocycles. The minimum Gasteiger partial charge on any atom is -0.353 e. The molecule has 140 valence electrons. The van der Waals surface area contributed by atoms with E-state index in [4.69, 9.17) is 0 Å². The summed E-state index contributed by atoms with van der Waals surface area (Å²) >= 11 is 3.06. The van der Waals surface area contributed by atoms with E-state index in [0.29, 0.717) is 5.69 Å². The van der Waals surface area contributed by atoms with Crippen molar-refractivity contribution in [3.63, 3.8) is 0 Å². The number of alkyl halides is 3. The molecule has 1 saturated carbocycles. The monoisotopic (exact) mass is 422 g/mol. The molecule has 0 atom stereocenters. The molecule has 2 fully saturated rings. The number of halogens is 4. The molecule has 0 bridgehead atoms. The van der Waals surface area contributed by atoms with Crippen LogP contribution in [0.15, 0.2) is 4.47 Å². The van der Waals surface area contributed by atoms with E-state index < -0.39 is 11.9 Å². The molecular weight excluding hydrogens is 401 g/mol. The quantitative estimate of drug-likeness (QED) is 0.792. The van der Waals surface area contributed by atoms with E-state index in [1.54, 1.807) is 0 Å². The summed E-state index contributed by atoms with van der Waals surface area (Å²) in [5, 5.41) is 6.71. The molecular formula is C16H22BrF3N4O. The normalized spacial score (nSPS) is 20.0. The maximum atomic E-state index is 13.1. The highest BCUT2D eigenvalue weighted by atomic mass is 79.9. The molecule has 1 aromatic rings. The summed E-state index contributed by atoms with van der Waals surface area (Å²) in [6.07, 6.45) is -0.823. The SMILES string of the molecule is CN1CCC(NC(=O)CCn2nc(C(F)(F)F)c(Br)c2C2CC2)CC1. The minimum atomic E-state index is -4.50. The number of rotatable bonds is 5. The van der Waals surface area contributed by atoms with Gasteiger partial charge in [-0.25, -0.2) is 0 Å². The second-order valence-electron chi connectivity index (χ2n) is 6.94. The van der Waals surface area contributed by atoms with Crippen LogP contribution in [-0.4, -0.2) is 46.8 Å². The Morgan fingerprint density at radius 2 is 1.92 bits per heavy atom. The van der Waals surface area contributed by atoms with E-state index in [-0.39, 0.29) is 35.3 Å². The van der Waals surface area contributed by atoms with E-state index in [0.717, 1.165) is 38.8 Å². The van der Waals surface area contributed by atoms with Gasteiger partial charge in [-0.05, 0) is 61.8 Å². The van der Waals surface area contributed by atoms with Crippen molar-refractivity contribution in [2.24, 2.45) is 0 Å². The van der Waals surface area contributed by atoms with Crippen LogP contribution in [0.5, 0.6) is 0 Å². The lowest BCUT2D eigenvalue weighted by Gasteiger charge is -2.29. The van der Waals surface area contributed by atoms with Crippen LogP contribution in [0.2, 0.25) is 0 Å². The molecule has 9 heteroatoms. The van der Waals surface area contributed by atoms with Crippen LogP contribution < -0.4 is 5.32 Å². The number of aryl methyl sites for hydroxylation is 1. The molecule has 5 nitrogen and oxygen atoms in total. The van der Waals surface area contributed by atoms with Crippen molar-refractivity contribution in [1.82, 2.24) is 20.0 Å². The van der Waals surface area contributed by atoms with Crippen LogP contribution in [-0.2, 0) is 17.5 Å². The summed E-state index contributed by atoms with van der Waals surface area (Å²) in [5.74, 6) is -0.0219. The van der Waals surface area contributed by atoms with Gasteiger partial charge in [-0.3, -0.25) is 9.48 Å². The molecule has 0 radical (unpaired) electrons. The zero-order valence-electron chi connectivity index (χ0n) is 14.1. The van der Waals surface area contributed by atoms with Gasteiger partial charge in [0.05, 0.1) is 16.7 Å². The van der Waals surface area contributed by atoms with Crippen LogP contribution in [0.4, 0.5) is 13.2 Å². The number of aromatic nitrogens is 2. The van der Waals surface area contributed by atoms with Crippen molar-refractivity contribution in [3.8, 4) is 0 Å². The third kappa shape index (κ3) is 4.55. The summed E-state index contributed by atoms with van der Waals surface area (Å²) in [4.78, 5) is 14.4. The van der Waals surface area contributed by atoms with Crippen molar-refractivity contribution in [2.75, 3.05) is 20.1 Å². The zero-order valence-corrected chi connectivity index (χ0v) is 15.7. The number of hydrogen-bond acceptors (Lipinski definition) is 3. The Bertz CT molecular complexity index is 634. The summed E-state index contributed by atoms with van der Waals surface area (Å²) in [6.45, 7) is 2.05. The number of hydrogen-bond donors (Lipinski definition) is 1. The lowest BCUT2D eigenvalue weighted by molar-refractivity contribution is -0.142. The Morgan fingerprint density at radius 3 is 2.48 bits per heavy atom. The molecule has 3 rings (SSSR count). The Kier molecular flexibility index (Phi) is 5.43. The molecule has 0 unspecified atom stereocenters. The summed E-state index contributed by atoms with van der Waals surface area (Å²) in [5.41, 5.74) is -0.329. The van der Waals surface area contributed by atoms with Crippen LogP contribution in [0.1, 0.15) is 49.4 Å². The Balaban J connectivity index is 1.61. The third-order valence-corrected chi connectivity index (χ3v) is 5.58. The Labute approximate surface area is 153 Å². The average molecular weight is 423 g/mol. The van der Waals surface area contributed by atoms with Crippen LogP contribution in [0.25, 0.3) is 0 Å². The van der Waals surface area contributed by atoms with Crippen molar-refractivity contribution in [2.45, 2.75) is 56.8 Å². The fraction of sp³-hybridized carbons (Fsp3) is 0.750. The van der Waals surface area contributed by atoms with Crippen molar-refractivity contribution < 1.29 is 18.0 Å². The van der Waals surface area contributed by atoms with E-state index in [9.17, 15) is 18.0 Å². The predicted octanol–water partition coefficient (Wildman–Crippen LogP) is 3.14. The van der Waals surface area contributed by atoms with E-state index in [1.165, 1.54) is 4.68 Å². The average Bonchev–Trinajstić information content (AvgIpc) is 3.30. The maximum absolute atomic E-state index is 13.1. The molecule has 1 aliphatic carbocycles. The van der Waals surface area contributed by atoms with E-state index >= 15 is 0 Å². The maximum Gasteiger partial charge on any atom is 0.436 e. The van der Waals surface area contributed by atoms with Gasteiger partial charge in [-0.1, -0.05) is 0 Å². The van der Waals surface area contributed by atoms with Gasteiger partial charge in [0.25, 0.3) is 0 Å². The van der Waals surface area contributed by atoms with Crippen LogP contribution in [0, 0.1) is 0 Å². The van der Waals surface area contributed by atoms with E-state index in [1.807, 2.05) is 7.05 Å². The molecule has 1 saturated heterocycles. The number of nitrogens with zero attached hydrogens (tertiary/aromatic N) is 3. The van der Waals surface area contributed by atoms with Crippen LogP contribution in [0.3, 0.4) is 0 Å². The number of likely N-dealkylation sites (tertiary alicyclic amines) is 1. The molecule has 25 heavy (non-hydrogen) atoms. The molecule has 0 aromatic carbocycles. The highest BCUT2D eigenvalue weighted by Gasteiger charge is 2.41. The number of amides is 1. The molecule has 1 amide bonds. The summed E-state index contributed by atoms with van der Waals surface area (Å²) < 4.78 is 40.6. The second kappa shape index (κ2) is 7.26. The first-order chi connectivity index (χ1) is 11.8. The Hall–Kier alpha value is -1.09. The van der Waals surface area contributed by atoms with Gasteiger partial charge in [0.1, 0.15) is 0 Å². The highest BCUT2D eigenvalue weighted by molar-refractivity contribution is 9.10. The lowest BCUT2D eigenvalue weighted by atomic mass is 10.1. The van der Waals surface area contributed by atoms with Gasteiger partial charge in [0.2, 0.25) is 5.91 Å². The van der Waals surface area contributed by atoms with E-state index in [2.05, 4.69) is 31.2 Å². The lowest BCUT2D eigenvalue weighted by Crippen LogP contribution is -2.43. The summed E-state index contributed by atoms with van der Waals surface area (Å²) in [7, 11) is 2.05. The predicted molar refractivity (Wildman–Crippen MR) is 90.2 cm³/mol. The fourth-order valence-corrected chi connectivity index (χ4v) is 4.04. The Morgan fingerprint density at radius 1 is 1.28 bits per heavy atom. The zero-order chi connectivity index (χ0) is 18.2. The number of carbonyl (C=O) groups excluding carboxylic acids is 1. The smallest absolute Gasteiger partial charge is 0.353 e. The first-order valence-corrected chi connectivity index (χ1v) is 9.36. The van der Waals surface area contributed by atoms with Crippen molar-refractivity contribution in [1.29, 1.82) is 0 Å². The fourth-order valence-electron chi connectivity index (χ4n) is 3.21. The van der Waals surface area contributed by atoms with Crippen molar-refractivity contribution in [3.05, 3.63) is 15.9 Å². The molecule has 0 spiro atoms. The molecule has 2 aliphatic rings. The topological polar surface area (TPSA) is 50.2 Å². The highest BCUT2D eigenvalue weighted by Crippen LogP contribution is 2.47. The van der Waals surface area contributed by atoms with Crippen LogP contribution >= 0.6 is 15.9 Å². The largest absolute Gasteiger partial charge is 0.436 e. The molecule has 2 heterocycles. The van der Waals surface area contributed by atoms with Gasteiger partial charge in [0, 0.05) is 18.4 Å². The minimum absolute atomic E-state index is 0.0261. The van der Waals surface area contributed by atoms with Crippen molar-refractivity contribution >= 4 is 21.8 Å². The number of nitrogens with one attached hydrogen (secondary N) is 1. The first kappa shape index (κ1) is 18.7. The number of piperidine rings is 1. The van der Waals surface area contributed by atoms with Gasteiger partial charge in [-0.15, -0.1) is 0 Å². The van der Waals surface area contributed by atoms with Gasteiger partial charge in [-0.2, -0.15) is 18.3 Å². The van der Waals surface area contributed by atoms with Gasteiger partial charge >= 0.3 is 6.18 Å². The standard InChI is InChI=1S/C16H22BrF3N4O/c1-23-7-4-11(5-8-23)21-12(25)6-9-24-14(10-2-3-10)13(17)15(22-24)16(18,19)20/h10-11H,2-9H2,1H3,(H,21,25). The summed E-state index contributed by atoms with van der Waals surface area (Å²) in [6, 6.07) is 0.154. The third-order valence-electron chi connectivity index (χ3n) is 4.80. The van der Waals surface area contributed by atoms with Gasteiger partial charge in [0.15, 0.2) is 5.69 Å².